The van der Waals surface area contributed by atoms with E-state index in [0.29, 0.717) is 13.2 Å². The topological polar surface area (TPSA) is 38.8 Å². The van der Waals surface area contributed by atoms with Crippen LogP contribution in [-0.2, 0) is 14.3 Å². The maximum Gasteiger partial charge on any atom is 0.244 e. The second-order valence-corrected chi connectivity index (χ2v) is 5.28. The van der Waals surface area contributed by atoms with Crippen LogP contribution in [-0.4, -0.2) is 37.3 Å². The minimum Gasteiger partial charge on any atom is -0.353 e. The third kappa shape index (κ3) is 3.47. The highest BCUT2D eigenvalue weighted by Crippen LogP contribution is 2.22. The summed E-state index contributed by atoms with van der Waals surface area (Å²) in [6.45, 7) is 4.91. The lowest BCUT2D eigenvalue weighted by molar-refractivity contribution is -0.118. The normalized spacial score (nSPS) is 20.3. The zero-order valence-corrected chi connectivity index (χ0v) is 11.9. The zero-order chi connectivity index (χ0) is 13.8. The molecule has 0 spiro atoms. The molecule has 0 saturated carbocycles. The van der Waals surface area contributed by atoms with Crippen LogP contribution in [0.3, 0.4) is 0 Å². The summed E-state index contributed by atoms with van der Waals surface area (Å²) < 4.78 is 10.6. The Labute approximate surface area is 118 Å². The van der Waals surface area contributed by atoms with E-state index < -0.39 is 5.38 Å². The van der Waals surface area contributed by atoms with Gasteiger partial charge in [0.25, 0.3) is 0 Å². The number of hydrogen-bond donors (Lipinski definition) is 0. The molecule has 1 saturated heterocycles. The quantitative estimate of drug-likeness (QED) is 0.796. The highest BCUT2D eigenvalue weighted by molar-refractivity contribution is 6.32. The standard InChI is InChI=1S/C14H18ClNO3/c1-10-5-3-4-6-13(10)16(14(17)11(2)15)7-12-8-18-9-19-12/h3-6,11-12H,7-9H2,1-2H3. The van der Waals surface area contributed by atoms with Crippen molar-refractivity contribution in [1.82, 2.24) is 0 Å². The first kappa shape index (κ1) is 14.3. The van der Waals surface area contributed by atoms with Gasteiger partial charge < -0.3 is 14.4 Å². The molecular formula is C14H18ClNO3. The first-order valence-corrected chi connectivity index (χ1v) is 6.73. The summed E-state index contributed by atoms with van der Waals surface area (Å²) in [5.74, 6) is -0.119. The van der Waals surface area contributed by atoms with Crippen LogP contribution in [0.4, 0.5) is 5.69 Å². The lowest BCUT2D eigenvalue weighted by Crippen LogP contribution is -2.42. The number of rotatable bonds is 4. The van der Waals surface area contributed by atoms with E-state index >= 15 is 0 Å². The number of benzene rings is 1. The highest BCUT2D eigenvalue weighted by atomic mass is 35.5. The van der Waals surface area contributed by atoms with Gasteiger partial charge in [0.1, 0.15) is 18.3 Å². The van der Waals surface area contributed by atoms with Gasteiger partial charge in [0, 0.05) is 5.69 Å². The molecule has 1 aliphatic heterocycles. The Bertz CT molecular complexity index is 444. The Morgan fingerprint density at radius 3 is 2.84 bits per heavy atom. The number of aryl methyl sites for hydroxylation is 1. The van der Waals surface area contributed by atoms with Gasteiger partial charge in [-0.25, -0.2) is 0 Å². The van der Waals surface area contributed by atoms with Gasteiger partial charge in [0.15, 0.2) is 0 Å². The summed E-state index contributed by atoms with van der Waals surface area (Å²) in [6, 6.07) is 7.75. The van der Waals surface area contributed by atoms with Crippen molar-refractivity contribution >= 4 is 23.2 Å². The molecule has 0 aliphatic carbocycles. The molecule has 1 aliphatic rings. The van der Waals surface area contributed by atoms with Crippen molar-refractivity contribution in [1.29, 1.82) is 0 Å². The molecule has 19 heavy (non-hydrogen) atoms. The average Bonchev–Trinajstić information content (AvgIpc) is 2.89. The van der Waals surface area contributed by atoms with E-state index in [1.807, 2.05) is 31.2 Å². The number of para-hydroxylation sites is 1. The molecule has 0 radical (unpaired) electrons. The van der Waals surface area contributed by atoms with Crippen molar-refractivity contribution in [3.05, 3.63) is 29.8 Å². The molecule has 0 bridgehead atoms. The third-order valence-corrected chi connectivity index (χ3v) is 3.28. The van der Waals surface area contributed by atoms with Gasteiger partial charge in [0.05, 0.1) is 13.2 Å². The molecule has 0 aromatic heterocycles. The molecule has 0 N–H and O–H groups in total. The first-order valence-electron chi connectivity index (χ1n) is 6.30. The van der Waals surface area contributed by atoms with Crippen molar-refractivity contribution in [2.75, 3.05) is 24.8 Å². The van der Waals surface area contributed by atoms with Crippen LogP contribution in [0.5, 0.6) is 0 Å². The molecule has 1 heterocycles. The van der Waals surface area contributed by atoms with E-state index in [0.717, 1.165) is 11.3 Å². The van der Waals surface area contributed by atoms with Crippen LogP contribution in [0, 0.1) is 6.92 Å². The van der Waals surface area contributed by atoms with Crippen LogP contribution >= 0.6 is 11.6 Å². The Hall–Kier alpha value is -1.10. The minimum absolute atomic E-state index is 0.0982. The van der Waals surface area contributed by atoms with Gasteiger partial charge in [0.2, 0.25) is 5.91 Å². The van der Waals surface area contributed by atoms with Gasteiger partial charge in [-0.2, -0.15) is 0 Å². The number of carbonyl (C=O) groups excluding carboxylic acids is 1. The highest BCUT2D eigenvalue weighted by Gasteiger charge is 2.27. The monoisotopic (exact) mass is 283 g/mol. The maximum atomic E-state index is 12.3. The summed E-state index contributed by atoms with van der Waals surface area (Å²) in [7, 11) is 0. The average molecular weight is 284 g/mol. The number of nitrogens with zero attached hydrogens (tertiary/aromatic N) is 1. The van der Waals surface area contributed by atoms with Crippen LogP contribution in [0.25, 0.3) is 0 Å². The molecule has 2 unspecified atom stereocenters. The Morgan fingerprint density at radius 2 is 2.26 bits per heavy atom. The van der Waals surface area contributed by atoms with Gasteiger partial charge in [-0.05, 0) is 25.5 Å². The Balaban J connectivity index is 2.23. The second kappa shape index (κ2) is 6.37. The van der Waals surface area contributed by atoms with Crippen molar-refractivity contribution in [2.24, 2.45) is 0 Å². The predicted molar refractivity (Wildman–Crippen MR) is 74.5 cm³/mol. The molecule has 5 heteroatoms. The zero-order valence-electron chi connectivity index (χ0n) is 11.1. The lowest BCUT2D eigenvalue weighted by atomic mass is 10.1. The van der Waals surface area contributed by atoms with E-state index in [9.17, 15) is 4.79 Å². The number of anilines is 1. The smallest absolute Gasteiger partial charge is 0.244 e. The Kier molecular flexibility index (Phi) is 4.80. The Morgan fingerprint density at radius 1 is 1.53 bits per heavy atom. The van der Waals surface area contributed by atoms with Gasteiger partial charge in [-0.1, -0.05) is 18.2 Å². The van der Waals surface area contributed by atoms with Crippen molar-refractivity contribution < 1.29 is 14.3 Å². The molecule has 2 atom stereocenters. The van der Waals surface area contributed by atoms with Crippen molar-refractivity contribution in [3.63, 3.8) is 0 Å². The number of carbonyl (C=O) groups is 1. The number of ether oxygens (including phenoxy) is 2. The molecular weight excluding hydrogens is 266 g/mol. The summed E-state index contributed by atoms with van der Waals surface area (Å²) in [6.07, 6.45) is -0.0982. The number of hydrogen-bond acceptors (Lipinski definition) is 3. The lowest BCUT2D eigenvalue weighted by Gasteiger charge is -2.27. The van der Waals surface area contributed by atoms with Crippen LogP contribution < -0.4 is 4.90 Å². The summed E-state index contributed by atoms with van der Waals surface area (Å²) in [4.78, 5) is 14.0. The molecule has 1 aromatic rings. The largest absolute Gasteiger partial charge is 0.353 e. The molecule has 104 valence electrons. The van der Waals surface area contributed by atoms with Gasteiger partial charge >= 0.3 is 0 Å². The molecule has 2 rings (SSSR count). The van der Waals surface area contributed by atoms with E-state index in [2.05, 4.69) is 0 Å². The second-order valence-electron chi connectivity index (χ2n) is 4.63. The number of alkyl halides is 1. The predicted octanol–water partition coefficient (Wildman–Crippen LogP) is 2.33. The van der Waals surface area contributed by atoms with Crippen molar-refractivity contribution in [2.45, 2.75) is 25.3 Å². The molecule has 1 aromatic carbocycles. The van der Waals surface area contributed by atoms with E-state index in [1.165, 1.54) is 0 Å². The van der Waals surface area contributed by atoms with Gasteiger partial charge in [-0.15, -0.1) is 11.6 Å². The van der Waals surface area contributed by atoms with Crippen LogP contribution in [0.1, 0.15) is 12.5 Å². The van der Waals surface area contributed by atoms with Crippen LogP contribution in [0.2, 0.25) is 0 Å². The summed E-state index contributed by atoms with van der Waals surface area (Å²) in [5, 5.41) is -0.568. The summed E-state index contributed by atoms with van der Waals surface area (Å²) in [5.41, 5.74) is 1.91. The SMILES string of the molecule is Cc1ccccc1N(CC1COCO1)C(=O)C(C)Cl. The fourth-order valence-corrected chi connectivity index (χ4v) is 2.19. The maximum absolute atomic E-state index is 12.3. The molecule has 4 nitrogen and oxygen atoms in total. The number of halogens is 1. The summed E-state index contributed by atoms with van der Waals surface area (Å²) >= 11 is 5.95. The minimum atomic E-state index is -0.568. The fourth-order valence-electron chi connectivity index (χ4n) is 2.07. The number of amides is 1. The van der Waals surface area contributed by atoms with Gasteiger partial charge in [-0.3, -0.25) is 4.79 Å². The molecule has 1 amide bonds. The van der Waals surface area contributed by atoms with Crippen LogP contribution in [0.15, 0.2) is 24.3 Å². The third-order valence-electron chi connectivity index (χ3n) is 3.09. The first-order chi connectivity index (χ1) is 9.09. The van der Waals surface area contributed by atoms with E-state index in [4.69, 9.17) is 21.1 Å². The van der Waals surface area contributed by atoms with E-state index in [1.54, 1.807) is 11.8 Å². The van der Waals surface area contributed by atoms with E-state index in [-0.39, 0.29) is 18.8 Å². The fraction of sp³-hybridized carbons (Fsp3) is 0.500. The van der Waals surface area contributed by atoms with Crippen molar-refractivity contribution in [3.8, 4) is 0 Å². The molecule has 1 fully saturated rings.